The quantitative estimate of drug-likeness (QED) is 0.156. The number of thiophene rings is 1. The average Bonchev–Trinajstić information content (AvgIpc) is 4.05. The molecule has 12 rings (SSSR count). The fourth-order valence-corrected chi connectivity index (χ4v) is 9.03. The third-order valence-electron chi connectivity index (χ3n) is 11.1. The molecule has 0 fully saturated rings. The molecule has 0 spiro atoms. The fraction of sp³-hybridized carbons (Fsp3) is 0. The minimum atomic E-state index is 0. The van der Waals surface area contributed by atoms with Gasteiger partial charge in [0.05, 0.1) is 22.5 Å². The van der Waals surface area contributed by atoms with E-state index in [4.69, 9.17) is 9.40 Å². The van der Waals surface area contributed by atoms with Gasteiger partial charge in [0, 0.05) is 48.2 Å². The molecule has 62 heavy (non-hydrogen) atoms. The van der Waals surface area contributed by atoms with Gasteiger partial charge < -0.3 is 14.0 Å². The van der Waals surface area contributed by atoms with Gasteiger partial charge >= 0.3 is 0 Å². The molecule has 0 aliphatic rings. The van der Waals surface area contributed by atoms with E-state index in [1.54, 1.807) is 17.5 Å². The Hall–Kier alpha value is -7.21. The minimum Gasteiger partial charge on any atom is -0.456 e. The maximum Gasteiger partial charge on any atom is 0.135 e. The van der Waals surface area contributed by atoms with Crippen LogP contribution in [0.5, 0.6) is 0 Å². The van der Waals surface area contributed by atoms with E-state index in [9.17, 15) is 0 Å². The van der Waals surface area contributed by atoms with Gasteiger partial charge in [0.25, 0.3) is 0 Å². The summed E-state index contributed by atoms with van der Waals surface area (Å²) in [5.74, 6) is 0.876. The van der Waals surface area contributed by atoms with Crippen LogP contribution >= 0.6 is 11.3 Å². The molecule has 0 N–H and O–H groups in total. The van der Waals surface area contributed by atoms with Crippen molar-refractivity contribution in [1.82, 2.24) is 14.5 Å². The molecule has 0 saturated heterocycles. The topological polar surface area (TPSA) is 43.9 Å². The first-order valence-electron chi connectivity index (χ1n) is 20.2. The van der Waals surface area contributed by atoms with E-state index in [-0.39, 0.29) is 20.1 Å². The molecule has 4 aromatic heterocycles. The molecule has 4 heterocycles. The Bertz CT molecular complexity index is 3370. The van der Waals surface area contributed by atoms with Crippen LogP contribution in [0.15, 0.2) is 217 Å². The van der Waals surface area contributed by atoms with Crippen molar-refractivity contribution in [3.63, 3.8) is 0 Å². The van der Waals surface area contributed by atoms with Gasteiger partial charge in [-0.25, -0.2) is 0 Å². The van der Waals surface area contributed by atoms with Gasteiger partial charge in [-0.05, 0) is 64.3 Å². The number of nitrogens with zero attached hydrogens (tertiary/aromatic N) is 3. The zero-order chi connectivity index (χ0) is 40.5. The van der Waals surface area contributed by atoms with Gasteiger partial charge in [-0.3, -0.25) is 16.3 Å². The summed E-state index contributed by atoms with van der Waals surface area (Å²) in [6.07, 6.45) is 1.79. The summed E-state index contributed by atoms with van der Waals surface area (Å²) in [5, 5.41) is 7.08. The van der Waals surface area contributed by atoms with Crippen LogP contribution in [0.25, 0.3) is 105 Å². The number of aromatic nitrogens is 3. The first kappa shape index (κ1) is 39.0. The van der Waals surface area contributed by atoms with E-state index in [1.165, 1.54) is 4.70 Å². The number of fused-ring (bicyclic) bond motifs is 5. The van der Waals surface area contributed by atoms with Crippen LogP contribution < -0.4 is 0 Å². The molecule has 0 atom stereocenters. The van der Waals surface area contributed by atoms with Crippen LogP contribution in [-0.2, 0) is 20.1 Å². The van der Waals surface area contributed by atoms with Gasteiger partial charge in [-0.1, -0.05) is 161 Å². The summed E-state index contributed by atoms with van der Waals surface area (Å²) < 4.78 is 9.66. The Labute approximate surface area is 376 Å². The summed E-state index contributed by atoms with van der Waals surface area (Å²) in [5.41, 5.74) is 14.8. The molecule has 0 amide bonds. The molecule has 0 aliphatic carbocycles. The van der Waals surface area contributed by atoms with Gasteiger partial charge in [-0.2, -0.15) is 0 Å². The molecule has 6 heteroatoms. The maximum absolute atomic E-state index is 6.13. The molecule has 0 saturated carbocycles. The van der Waals surface area contributed by atoms with Crippen molar-refractivity contribution in [3.05, 3.63) is 224 Å². The van der Waals surface area contributed by atoms with Crippen molar-refractivity contribution < 1.29 is 24.5 Å². The summed E-state index contributed by atoms with van der Waals surface area (Å²) in [6, 6.07) is 74.6. The number of hydrogen-bond acceptors (Lipinski definition) is 4. The number of benzene rings is 8. The second kappa shape index (κ2) is 17.0. The normalized spacial score (nSPS) is 11.1. The predicted molar refractivity (Wildman–Crippen MR) is 253 cm³/mol. The van der Waals surface area contributed by atoms with Crippen LogP contribution in [0.2, 0.25) is 0 Å². The molecule has 0 bridgehead atoms. The van der Waals surface area contributed by atoms with Crippen molar-refractivity contribution in [1.29, 1.82) is 0 Å². The van der Waals surface area contributed by atoms with Gasteiger partial charge in [0.1, 0.15) is 11.2 Å². The summed E-state index contributed by atoms with van der Waals surface area (Å²) in [6.45, 7) is 0. The molecular formula is C56H35IrN3OS-2. The van der Waals surface area contributed by atoms with Crippen molar-refractivity contribution in [2.24, 2.45) is 0 Å². The number of rotatable bonds is 6. The smallest absolute Gasteiger partial charge is 0.135 e. The molecular weight excluding hydrogens is 955 g/mol. The monoisotopic (exact) mass is 990 g/mol. The minimum absolute atomic E-state index is 0. The molecule has 12 aromatic rings. The summed E-state index contributed by atoms with van der Waals surface area (Å²) in [7, 11) is 0. The number of furan rings is 1. The molecule has 0 unspecified atom stereocenters. The molecule has 0 aliphatic heterocycles. The number of pyridine rings is 1. The van der Waals surface area contributed by atoms with Crippen molar-refractivity contribution in [3.8, 4) is 61.7 Å². The SMILES string of the molecule is [Ir].[c-]1ccccc1-c1ccccn1.[c-]1sc2ccc(-c3ccc4oc5ccccc5c4c3)cc2c1-c1nc2ccccc2n1-c1c(-c2ccccc2)cccc1-c1ccccc1. The van der Waals surface area contributed by atoms with Crippen LogP contribution in [0.3, 0.4) is 0 Å². The molecule has 4 nitrogen and oxygen atoms in total. The van der Waals surface area contributed by atoms with Crippen LogP contribution in [-0.4, -0.2) is 14.5 Å². The maximum atomic E-state index is 6.13. The summed E-state index contributed by atoms with van der Waals surface area (Å²) in [4.78, 5) is 9.57. The predicted octanol–water partition coefficient (Wildman–Crippen LogP) is 15.2. The first-order valence-corrected chi connectivity index (χ1v) is 21.0. The van der Waals surface area contributed by atoms with Gasteiger partial charge in [-0.15, -0.1) is 41.3 Å². The Morgan fingerprint density at radius 1 is 0.516 bits per heavy atom. The first-order chi connectivity index (χ1) is 30.3. The van der Waals surface area contributed by atoms with Gasteiger partial charge in [0.15, 0.2) is 0 Å². The second-order valence-corrected chi connectivity index (χ2v) is 15.6. The Kier molecular flexibility index (Phi) is 10.7. The van der Waals surface area contributed by atoms with E-state index in [0.717, 1.165) is 100 Å². The van der Waals surface area contributed by atoms with Gasteiger partial charge in [0.2, 0.25) is 0 Å². The zero-order valence-electron chi connectivity index (χ0n) is 33.2. The largest absolute Gasteiger partial charge is 0.456 e. The van der Waals surface area contributed by atoms with E-state index >= 15 is 0 Å². The van der Waals surface area contributed by atoms with Crippen LogP contribution in [0, 0.1) is 11.4 Å². The zero-order valence-corrected chi connectivity index (χ0v) is 36.4. The molecule has 1 radical (unpaired) electrons. The molecule has 8 aromatic carbocycles. The third kappa shape index (κ3) is 7.25. The van der Waals surface area contributed by atoms with Crippen LogP contribution in [0.4, 0.5) is 0 Å². The number of para-hydroxylation sites is 4. The van der Waals surface area contributed by atoms with Crippen LogP contribution in [0.1, 0.15) is 0 Å². The summed E-state index contributed by atoms with van der Waals surface area (Å²) >= 11 is 1.64. The number of hydrogen-bond donors (Lipinski definition) is 0. The fourth-order valence-electron chi connectivity index (χ4n) is 8.21. The van der Waals surface area contributed by atoms with E-state index in [1.807, 2.05) is 54.6 Å². The average molecular weight is 990 g/mol. The Balaban J connectivity index is 0.000000305. The Morgan fingerprint density at radius 2 is 1.18 bits per heavy atom. The van der Waals surface area contributed by atoms with E-state index in [2.05, 4.69) is 173 Å². The van der Waals surface area contributed by atoms with E-state index in [0.29, 0.717) is 0 Å². The third-order valence-corrected chi connectivity index (χ3v) is 12.0. The van der Waals surface area contributed by atoms with Crippen molar-refractivity contribution in [2.45, 2.75) is 0 Å². The van der Waals surface area contributed by atoms with Crippen molar-refractivity contribution >= 4 is 54.4 Å². The standard InChI is InChI=1S/C45H27N2OS.C11H8N.Ir/c1-3-12-29(13-4-1)33-17-11-18-34(30-14-5-2-6-15-30)44(33)47-40-20-9-8-19-39(40)46-45(47)38-28-49-43-25-23-32(27-37(38)43)31-22-24-42-36(26-31)35-16-7-10-21-41(35)48-42;1-2-6-10(7-3-1)11-8-4-5-9-12-11;/h1-27H;1-6,8-9H;/q2*-1;. The number of imidazole rings is 1. The molecule has 297 valence electrons. The van der Waals surface area contributed by atoms with E-state index < -0.39 is 0 Å². The van der Waals surface area contributed by atoms with Crippen molar-refractivity contribution in [2.75, 3.05) is 0 Å². The second-order valence-electron chi connectivity index (χ2n) is 14.8. The Morgan fingerprint density at radius 3 is 1.92 bits per heavy atom.